The van der Waals surface area contributed by atoms with Gasteiger partial charge in [-0.25, -0.2) is 0 Å². The summed E-state index contributed by atoms with van der Waals surface area (Å²) in [4.78, 5) is 0. The van der Waals surface area contributed by atoms with Crippen LogP contribution in [0.1, 0.15) is 41.5 Å². The fourth-order valence-electron chi connectivity index (χ4n) is 2.55. The first-order valence-corrected chi connectivity index (χ1v) is 5.00. The Balaban J connectivity index is 0. The molecule has 0 saturated carbocycles. The largest absolute Gasteiger partial charge is 0.396 e. The average molecular weight is 264 g/mol. The molecule has 0 aromatic carbocycles. The molecule has 1 N–H and O–H groups in total. The van der Waals surface area contributed by atoms with Crippen molar-refractivity contribution in [2.75, 3.05) is 6.61 Å². The molecule has 0 aliphatic heterocycles. The molecule has 0 unspecified atom stereocenters. The Kier molecular flexibility index (Phi) is 7.95. The molecule has 0 aromatic rings. The van der Waals surface area contributed by atoms with E-state index in [-0.39, 0.29) is 31.6 Å². The molecular formula is C11H24OZr. The van der Waals surface area contributed by atoms with Gasteiger partial charge in [-0.05, 0) is 17.8 Å². The van der Waals surface area contributed by atoms with Gasteiger partial charge in [0.15, 0.2) is 0 Å². The maximum absolute atomic E-state index is 9.49. The van der Waals surface area contributed by atoms with Crippen molar-refractivity contribution in [3.05, 3.63) is 0 Å². The minimum absolute atomic E-state index is 0. The quantitative estimate of drug-likeness (QED) is 0.827. The van der Waals surface area contributed by atoms with E-state index in [2.05, 4.69) is 41.5 Å². The summed E-state index contributed by atoms with van der Waals surface area (Å²) in [6.07, 6.45) is 0. The fraction of sp³-hybridized carbons (Fsp3) is 1.00. The normalized spacial score (nSPS) is 12.5. The molecule has 0 heterocycles. The molecule has 0 amide bonds. The van der Waals surface area contributed by atoms with Gasteiger partial charge in [0.25, 0.3) is 0 Å². The first-order chi connectivity index (χ1) is 5.39. The molecule has 0 atom stereocenters. The number of hydrogen-bond acceptors (Lipinski definition) is 1. The molecule has 0 saturated heterocycles. The van der Waals surface area contributed by atoms with Crippen molar-refractivity contribution in [1.29, 1.82) is 0 Å². The van der Waals surface area contributed by atoms with Crippen molar-refractivity contribution >= 4 is 0 Å². The Hall–Kier alpha value is 0.843. The molecule has 0 fully saturated rings. The topological polar surface area (TPSA) is 20.2 Å². The van der Waals surface area contributed by atoms with Crippen LogP contribution >= 0.6 is 0 Å². The van der Waals surface area contributed by atoms with Gasteiger partial charge in [-0.15, -0.1) is 0 Å². The number of aliphatic hydroxyl groups excluding tert-OH is 1. The minimum atomic E-state index is 0. The van der Waals surface area contributed by atoms with Crippen molar-refractivity contribution in [1.82, 2.24) is 0 Å². The van der Waals surface area contributed by atoms with Crippen LogP contribution in [0, 0.1) is 23.2 Å². The molecule has 78 valence electrons. The molecule has 0 aromatic heterocycles. The molecule has 0 spiro atoms. The first-order valence-electron chi connectivity index (χ1n) is 5.00. The van der Waals surface area contributed by atoms with E-state index >= 15 is 0 Å². The summed E-state index contributed by atoms with van der Waals surface area (Å²) in [7, 11) is 0. The van der Waals surface area contributed by atoms with Crippen LogP contribution < -0.4 is 0 Å². The Morgan fingerprint density at radius 2 is 1.08 bits per heavy atom. The van der Waals surface area contributed by atoms with E-state index in [1.807, 2.05) is 0 Å². The maximum Gasteiger partial charge on any atom is 0.0494 e. The third-order valence-electron chi connectivity index (χ3n) is 3.50. The van der Waals surface area contributed by atoms with Gasteiger partial charge >= 0.3 is 0 Å². The molecule has 2 heteroatoms. The van der Waals surface area contributed by atoms with Gasteiger partial charge in [0.1, 0.15) is 0 Å². The van der Waals surface area contributed by atoms with E-state index in [0.29, 0.717) is 24.4 Å². The Bertz CT molecular complexity index is 108. The Morgan fingerprint density at radius 1 is 0.846 bits per heavy atom. The second-order valence-electron chi connectivity index (χ2n) is 4.73. The smallest absolute Gasteiger partial charge is 0.0494 e. The second-order valence-corrected chi connectivity index (χ2v) is 4.73. The van der Waals surface area contributed by atoms with Crippen LogP contribution in [-0.2, 0) is 26.2 Å². The van der Waals surface area contributed by atoms with Crippen LogP contribution in [0.3, 0.4) is 0 Å². The zero-order chi connectivity index (χ0) is 9.94. The van der Waals surface area contributed by atoms with Gasteiger partial charge in [-0.1, -0.05) is 41.5 Å². The van der Waals surface area contributed by atoms with Gasteiger partial charge in [0, 0.05) is 38.2 Å². The summed E-state index contributed by atoms with van der Waals surface area (Å²) in [5, 5.41) is 9.49. The predicted molar refractivity (Wildman–Crippen MR) is 54.0 cm³/mol. The number of aliphatic hydroxyl groups is 1. The average Bonchev–Trinajstić information content (AvgIpc) is 1.86. The van der Waals surface area contributed by atoms with Crippen molar-refractivity contribution in [2.24, 2.45) is 23.2 Å². The van der Waals surface area contributed by atoms with E-state index in [1.54, 1.807) is 0 Å². The Morgan fingerprint density at radius 3 is 1.08 bits per heavy atom. The summed E-state index contributed by atoms with van der Waals surface area (Å²) < 4.78 is 0. The third kappa shape index (κ3) is 3.16. The third-order valence-corrected chi connectivity index (χ3v) is 3.50. The molecule has 0 radical (unpaired) electrons. The SMILES string of the molecule is CC(C)C(CO)(C(C)C)C(C)C.[Zr]. The standard InChI is InChI=1S/C11H24O.Zr/c1-8(2)11(7-12,9(3)4)10(5)6;/h8-10,12H,7H2,1-6H3;. The zero-order valence-corrected chi connectivity index (χ0v) is 12.3. The fourth-order valence-corrected chi connectivity index (χ4v) is 2.55. The van der Waals surface area contributed by atoms with Gasteiger partial charge in [-0.3, -0.25) is 0 Å². The van der Waals surface area contributed by atoms with Crippen molar-refractivity contribution in [3.63, 3.8) is 0 Å². The van der Waals surface area contributed by atoms with Crippen molar-refractivity contribution in [2.45, 2.75) is 41.5 Å². The maximum atomic E-state index is 9.49. The van der Waals surface area contributed by atoms with Crippen LogP contribution in [0.15, 0.2) is 0 Å². The van der Waals surface area contributed by atoms with Gasteiger partial charge < -0.3 is 5.11 Å². The van der Waals surface area contributed by atoms with Gasteiger partial charge in [0.2, 0.25) is 0 Å². The molecule has 13 heavy (non-hydrogen) atoms. The summed E-state index contributed by atoms with van der Waals surface area (Å²) in [6.45, 7) is 13.5. The predicted octanol–water partition coefficient (Wildman–Crippen LogP) is 2.93. The molecule has 0 bridgehead atoms. The van der Waals surface area contributed by atoms with E-state index in [4.69, 9.17) is 0 Å². The summed E-state index contributed by atoms with van der Waals surface area (Å²) in [6, 6.07) is 0. The van der Waals surface area contributed by atoms with Crippen LogP contribution in [0.5, 0.6) is 0 Å². The summed E-state index contributed by atoms with van der Waals surface area (Å²) in [5.74, 6) is 1.63. The van der Waals surface area contributed by atoms with Gasteiger partial charge in [-0.2, -0.15) is 0 Å². The Labute approximate surface area is 102 Å². The zero-order valence-electron chi connectivity index (χ0n) is 9.89. The minimum Gasteiger partial charge on any atom is -0.396 e. The van der Waals surface area contributed by atoms with E-state index in [1.165, 1.54) is 0 Å². The van der Waals surface area contributed by atoms with Crippen LogP contribution in [0.4, 0.5) is 0 Å². The molecular weight excluding hydrogens is 239 g/mol. The first kappa shape index (κ1) is 16.3. The number of rotatable bonds is 4. The molecule has 0 rings (SSSR count). The van der Waals surface area contributed by atoms with E-state index in [0.717, 1.165) is 0 Å². The molecule has 1 nitrogen and oxygen atoms in total. The molecule has 0 aliphatic carbocycles. The van der Waals surface area contributed by atoms with E-state index < -0.39 is 0 Å². The van der Waals surface area contributed by atoms with E-state index in [9.17, 15) is 5.11 Å². The van der Waals surface area contributed by atoms with Crippen LogP contribution in [0.2, 0.25) is 0 Å². The van der Waals surface area contributed by atoms with Gasteiger partial charge in [0.05, 0.1) is 0 Å². The molecule has 0 aliphatic rings. The van der Waals surface area contributed by atoms with Crippen LogP contribution in [-0.4, -0.2) is 11.7 Å². The van der Waals surface area contributed by atoms with Crippen molar-refractivity contribution < 1.29 is 31.3 Å². The number of hydrogen-bond donors (Lipinski definition) is 1. The van der Waals surface area contributed by atoms with Crippen LogP contribution in [0.25, 0.3) is 0 Å². The summed E-state index contributed by atoms with van der Waals surface area (Å²) >= 11 is 0. The monoisotopic (exact) mass is 262 g/mol. The van der Waals surface area contributed by atoms with Crippen molar-refractivity contribution in [3.8, 4) is 0 Å². The second kappa shape index (κ2) is 6.35. The summed E-state index contributed by atoms with van der Waals surface area (Å²) in [5.41, 5.74) is 0.0972.